The molecule has 11 rings (SSSR count). The van der Waals surface area contributed by atoms with Crippen molar-refractivity contribution in [2.45, 2.75) is 0 Å². The summed E-state index contributed by atoms with van der Waals surface area (Å²) in [5, 5.41) is 4.82. The summed E-state index contributed by atoms with van der Waals surface area (Å²) in [6.45, 7) is 0. The number of hydrogen-bond acceptors (Lipinski definition) is 5. The molecule has 0 aliphatic heterocycles. The molecule has 0 aliphatic rings. The van der Waals surface area contributed by atoms with E-state index in [1.807, 2.05) is 47.9 Å². The molecule has 0 N–H and O–H groups in total. The van der Waals surface area contributed by atoms with Gasteiger partial charge in [0.25, 0.3) is 0 Å². The molecule has 0 bridgehead atoms. The molecular weight excluding hydrogens is 703 g/mol. The Morgan fingerprint density at radius 1 is 0.411 bits per heavy atom. The second-order valence-corrected chi connectivity index (χ2v) is 15.1. The molecule has 5 heteroatoms. The van der Waals surface area contributed by atoms with Crippen LogP contribution in [0, 0.1) is 0 Å². The Morgan fingerprint density at radius 3 is 1.89 bits per heavy atom. The first-order valence-electron chi connectivity index (χ1n) is 18.7. The van der Waals surface area contributed by atoms with Gasteiger partial charge >= 0.3 is 0 Å². The molecule has 7 aromatic carbocycles. The van der Waals surface area contributed by atoms with Gasteiger partial charge in [0.1, 0.15) is 11.2 Å². The van der Waals surface area contributed by atoms with Crippen LogP contribution in [0.2, 0.25) is 0 Å². The van der Waals surface area contributed by atoms with Crippen molar-refractivity contribution in [2.75, 3.05) is 0 Å². The summed E-state index contributed by atoms with van der Waals surface area (Å²) in [6, 6.07) is 61.6. The van der Waals surface area contributed by atoms with Crippen molar-refractivity contribution in [1.82, 2.24) is 15.0 Å². The van der Waals surface area contributed by atoms with Crippen molar-refractivity contribution < 1.29 is 4.42 Å². The minimum atomic E-state index is 0.671. The van der Waals surface area contributed by atoms with E-state index in [0.717, 1.165) is 72.3 Å². The quantitative estimate of drug-likeness (QED) is 0.171. The van der Waals surface area contributed by atoms with E-state index < -0.39 is 0 Å². The van der Waals surface area contributed by atoms with Gasteiger partial charge in [-0.15, -0.1) is 11.3 Å². The molecule has 0 spiro atoms. The average Bonchev–Trinajstić information content (AvgIpc) is 3.86. The standard InChI is InChI=1S/C51H31N3OS/c1-2-11-33(12-3-1)43-30-44(54-51(53-43)36-14-8-13-35(29-36)37-15-10-28-52-31-37)34-24-22-32(23-25-34)38-26-27-40(49-41-16-4-6-19-45(41)55-50(38)49)39-18-9-21-47-48(39)42-17-5-7-20-46(42)56-47/h1-31H. The van der Waals surface area contributed by atoms with Crippen molar-refractivity contribution >= 4 is 53.4 Å². The zero-order chi connectivity index (χ0) is 37.0. The number of para-hydroxylation sites is 1. The summed E-state index contributed by atoms with van der Waals surface area (Å²) in [4.78, 5) is 14.6. The Balaban J connectivity index is 1.04. The van der Waals surface area contributed by atoms with Crippen LogP contribution in [-0.4, -0.2) is 15.0 Å². The maximum Gasteiger partial charge on any atom is 0.160 e. The summed E-state index contributed by atoms with van der Waals surface area (Å²) < 4.78 is 9.33. The summed E-state index contributed by atoms with van der Waals surface area (Å²) in [5.41, 5.74) is 13.1. The minimum Gasteiger partial charge on any atom is -0.455 e. The lowest BCUT2D eigenvalue weighted by atomic mass is 9.92. The molecular formula is C51H31N3OS. The number of thiophene rings is 1. The fraction of sp³-hybridized carbons (Fsp3) is 0. The second kappa shape index (κ2) is 13.3. The van der Waals surface area contributed by atoms with E-state index >= 15 is 0 Å². The van der Waals surface area contributed by atoms with E-state index in [4.69, 9.17) is 14.4 Å². The van der Waals surface area contributed by atoms with Crippen LogP contribution in [-0.2, 0) is 0 Å². The molecule has 56 heavy (non-hydrogen) atoms. The SMILES string of the molecule is c1ccc(-c2cc(-c3ccc(-c4ccc(-c5cccc6sc7ccccc7c56)c5c4oc4ccccc45)cc3)nc(-c3cccc(-c4cccnc4)c3)n2)cc1. The molecule has 0 atom stereocenters. The fourth-order valence-electron chi connectivity index (χ4n) is 7.95. The first-order chi connectivity index (χ1) is 27.7. The summed E-state index contributed by atoms with van der Waals surface area (Å²) in [7, 11) is 0. The monoisotopic (exact) mass is 733 g/mol. The number of aromatic nitrogens is 3. The first-order valence-corrected chi connectivity index (χ1v) is 19.5. The lowest BCUT2D eigenvalue weighted by Crippen LogP contribution is -1.96. The van der Waals surface area contributed by atoms with Crippen molar-refractivity contribution in [3.63, 3.8) is 0 Å². The maximum absolute atomic E-state index is 6.75. The van der Waals surface area contributed by atoms with Crippen LogP contribution in [0.15, 0.2) is 193 Å². The molecule has 4 aromatic heterocycles. The smallest absolute Gasteiger partial charge is 0.160 e. The van der Waals surface area contributed by atoms with E-state index in [1.165, 1.54) is 31.3 Å². The first kappa shape index (κ1) is 32.2. The molecule has 0 aliphatic carbocycles. The third kappa shape index (κ3) is 5.48. The average molecular weight is 734 g/mol. The second-order valence-electron chi connectivity index (χ2n) is 14.0. The predicted molar refractivity (Wildman–Crippen MR) is 233 cm³/mol. The van der Waals surface area contributed by atoms with Crippen molar-refractivity contribution in [2.24, 2.45) is 0 Å². The fourth-order valence-corrected chi connectivity index (χ4v) is 9.08. The third-order valence-electron chi connectivity index (χ3n) is 10.6. The predicted octanol–water partition coefficient (Wildman–Crippen LogP) is 14.1. The van der Waals surface area contributed by atoms with Crippen LogP contribution < -0.4 is 0 Å². The highest BCUT2D eigenvalue weighted by molar-refractivity contribution is 7.25. The van der Waals surface area contributed by atoms with Crippen molar-refractivity contribution in [1.29, 1.82) is 0 Å². The molecule has 0 amide bonds. The van der Waals surface area contributed by atoms with Crippen LogP contribution in [0.25, 0.3) is 109 Å². The summed E-state index contributed by atoms with van der Waals surface area (Å²) in [5.74, 6) is 0.671. The number of fused-ring (bicyclic) bond motifs is 6. The van der Waals surface area contributed by atoms with Gasteiger partial charge in [0.05, 0.1) is 11.4 Å². The number of hydrogen-bond donors (Lipinski definition) is 0. The van der Waals surface area contributed by atoms with E-state index in [1.54, 1.807) is 6.20 Å². The zero-order valence-electron chi connectivity index (χ0n) is 30.1. The normalized spacial score (nSPS) is 11.6. The molecule has 4 heterocycles. The Bertz CT molecular complexity index is 3240. The largest absolute Gasteiger partial charge is 0.455 e. The van der Waals surface area contributed by atoms with Crippen molar-refractivity contribution in [3.05, 3.63) is 188 Å². The van der Waals surface area contributed by atoms with E-state index in [-0.39, 0.29) is 0 Å². The van der Waals surface area contributed by atoms with Gasteiger partial charge in [-0.2, -0.15) is 0 Å². The van der Waals surface area contributed by atoms with E-state index in [2.05, 4.69) is 151 Å². The van der Waals surface area contributed by atoms with Gasteiger partial charge < -0.3 is 4.42 Å². The lowest BCUT2D eigenvalue weighted by molar-refractivity contribution is 0.670. The Morgan fingerprint density at radius 2 is 1.05 bits per heavy atom. The molecule has 11 aromatic rings. The summed E-state index contributed by atoms with van der Waals surface area (Å²) >= 11 is 1.84. The van der Waals surface area contributed by atoms with Crippen LogP contribution in [0.1, 0.15) is 0 Å². The van der Waals surface area contributed by atoms with Crippen LogP contribution >= 0.6 is 11.3 Å². The van der Waals surface area contributed by atoms with Gasteiger partial charge in [0, 0.05) is 71.2 Å². The van der Waals surface area contributed by atoms with Crippen LogP contribution in [0.4, 0.5) is 0 Å². The highest BCUT2D eigenvalue weighted by Gasteiger charge is 2.20. The molecule has 0 saturated carbocycles. The van der Waals surface area contributed by atoms with Gasteiger partial charge in [-0.25, -0.2) is 9.97 Å². The zero-order valence-corrected chi connectivity index (χ0v) is 30.9. The van der Waals surface area contributed by atoms with E-state index in [0.29, 0.717) is 5.82 Å². The van der Waals surface area contributed by atoms with E-state index in [9.17, 15) is 0 Å². The van der Waals surface area contributed by atoms with Crippen molar-refractivity contribution in [3.8, 4) is 67.3 Å². The Labute approximate surface area is 327 Å². The number of furan rings is 1. The Hall–Kier alpha value is -7.21. The number of pyridine rings is 1. The Kier molecular flexibility index (Phi) is 7.64. The number of nitrogens with zero attached hydrogens (tertiary/aromatic N) is 3. The van der Waals surface area contributed by atoms with Gasteiger partial charge in [-0.05, 0) is 64.7 Å². The topological polar surface area (TPSA) is 51.8 Å². The highest BCUT2D eigenvalue weighted by Crippen LogP contribution is 2.46. The molecule has 4 nitrogen and oxygen atoms in total. The third-order valence-corrected chi connectivity index (χ3v) is 11.8. The van der Waals surface area contributed by atoms with Gasteiger partial charge in [0.2, 0.25) is 0 Å². The molecule has 0 fully saturated rings. The van der Waals surface area contributed by atoms with Gasteiger partial charge in [-0.1, -0.05) is 133 Å². The minimum absolute atomic E-state index is 0.671. The molecule has 0 saturated heterocycles. The van der Waals surface area contributed by atoms with Crippen LogP contribution in [0.5, 0.6) is 0 Å². The summed E-state index contributed by atoms with van der Waals surface area (Å²) in [6.07, 6.45) is 3.67. The molecule has 0 unspecified atom stereocenters. The maximum atomic E-state index is 6.75. The number of benzene rings is 7. The highest BCUT2D eigenvalue weighted by atomic mass is 32.1. The van der Waals surface area contributed by atoms with Gasteiger partial charge in [-0.3, -0.25) is 4.98 Å². The molecule has 262 valence electrons. The lowest BCUT2D eigenvalue weighted by Gasteiger charge is -2.12. The van der Waals surface area contributed by atoms with Crippen LogP contribution in [0.3, 0.4) is 0 Å². The number of rotatable bonds is 6. The van der Waals surface area contributed by atoms with Gasteiger partial charge in [0.15, 0.2) is 5.82 Å². The molecule has 0 radical (unpaired) electrons.